The summed E-state index contributed by atoms with van der Waals surface area (Å²) in [7, 11) is 0. The summed E-state index contributed by atoms with van der Waals surface area (Å²) in [5.41, 5.74) is 0.651. The molecule has 96 valence electrons. The van der Waals surface area contributed by atoms with Gasteiger partial charge in [0.1, 0.15) is 0 Å². The van der Waals surface area contributed by atoms with Crippen molar-refractivity contribution < 1.29 is 9.90 Å². The first-order valence-electron chi connectivity index (χ1n) is 6.07. The van der Waals surface area contributed by atoms with Crippen molar-refractivity contribution in [3.8, 4) is 0 Å². The minimum atomic E-state index is -0.329. The molecule has 2 unspecified atom stereocenters. The van der Waals surface area contributed by atoms with Gasteiger partial charge >= 0.3 is 0 Å². The summed E-state index contributed by atoms with van der Waals surface area (Å²) >= 11 is 0. The van der Waals surface area contributed by atoms with Gasteiger partial charge in [-0.25, -0.2) is 0 Å². The quantitative estimate of drug-likeness (QED) is 0.792. The van der Waals surface area contributed by atoms with Crippen molar-refractivity contribution in [1.82, 2.24) is 10.3 Å². The van der Waals surface area contributed by atoms with Crippen molar-refractivity contribution in [2.24, 2.45) is 5.41 Å². The predicted molar refractivity (Wildman–Crippen MR) is 69.6 cm³/mol. The van der Waals surface area contributed by atoms with Gasteiger partial charge in [0.2, 0.25) is 5.91 Å². The van der Waals surface area contributed by atoms with Crippen molar-refractivity contribution in [2.75, 3.05) is 0 Å². The zero-order valence-electron chi connectivity index (χ0n) is 10.6. The Balaban J connectivity index is 1.89. The lowest BCUT2D eigenvalue weighted by atomic mass is 9.64. The molecular formula is C14H18N2O2. The van der Waals surface area contributed by atoms with Gasteiger partial charge in [0.25, 0.3) is 0 Å². The van der Waals surface area contributed by atoms with Crippen molar-refractivity contribution in [3.05, 3.63) is 36.2 Å². The number of nitrogens with zero attached hydrogens (tertiary/aromatic N) is 1. The zero-order chi connectivity index (χ0) is 13.2. The van der Waals surface area contributed by atoms with E-state index in [9.17, 15) is 9.90 Å². The fourth-order valence-corrected chi connectivity index (χ4v) is 2.01. The van der Waals surface area contributed by atoms with Gasteiger partial charge in [0.05, 0.1) is 6.10 Å². The van der Waals surface area contributed by atoms with Crippen molar-refractivity contribution in [3.63, 3.8) is 0 Å². The van der Waals surface area contributed by atoms with Crippen molar-refractivity contribution in [1.29, 1.82) is 0 Å². The number of rotatable bonds is 3. The van der Waals surface area contributed by atoms with Crippen LogP contribution in [-0.4, -0.2) is 28.1 Å². The van der Waals surface area contributed by atoms with E-state index < -0.39 is 0 Å². The molecule has 1 aliphatic rings. The number of aliphatic hydroxyl groups is 1. The molecule has 1 aliphatic carbocycles. The molecule has 2 N–H and O–H groups in total. The van der Waals surface area contributed by atoms with Gasteiger partial charge in [-0.3, -0.25) is 9.78 Å². The van der Waals surface area contributed by atoms with Gasteiger partial charge in [-0.05, 0) is 24.1 Å². The first-order valence-corrected chi connectivity index (χ1v) is 6.07. The fourth-order valence-electron chi connectivity index (χ4n) is 2.01. The predicted octanol–water partition coefficient (Wildman–Crippen LogP) is 1.37. The molecule has 1 fully saturated rings. The van der Waals surface area contributed by atoms with Crippen molar-refractivity contribution in [2.45, 2.75) is 32.4 Å². The molecule has 4 heteroatoms. The molecule has 18 heavy (non-hydrogen) atoms. The molecule has 0 aromatic carbocycles. The largest absolute Gasteiger partial charge is 0.392 e. The smallest absolute Gasteiger partial charge is 0.244 e. The fraction of sp³-hybridized carbons (Fsp3) is 0.429. The maximum absolute atomic E-state index is 11.7. The Labute approximate surface area is 107 Å². The first-order chi connectivity index (χ1) is 8.50. The van der Waals surface area contributed by atoms with E-state index in [2.05, 4.69) is 10.3 Å². The van der Waals surface area contributed by atoms with E-state index in [1.807, 2.05) is 26.0 Å². The maximum Gasteiger partial charge on any atom is 0.244 e. The van der Waals surface area contributed by atoms with Gasteiger partial charge in [0, 0.05) is 29.9 Å². The summed E-state index contributed by atoms with van der Waals surface area (Å²) in [6.07, 6.45) is 6.91. The Kier molecular flexibility index (Phi) is 3.48. The van der Waals surface area contributed by atoms with Crippen LogP contribution in [-0.2, 0) is 4.79 Å². The van der Waals surface area contributed by atoms with Crippen LogP contribution >= 0.6 is 0 Å². The first kappa shape index (κ1) is 12.8. The third kappa shape index (κ3) is 2.59. The maximum atomic E-state index is 11.7. The number of aliphatic hydroxyl groups excluding tert-OH is 1. The highest BCUT2D eigenvalue weighted by atomic mass is 16.3. The molecule has 4 nitrogen and oxygen atoms in total. The Morgan fingerprint density at radius 2 is 2.39 bits per heavy atom. The monoisotopic (exact) mass is 246 g/mol. The van der Waals surface area contributed by atoms with Crippen LogP contribution in [0.25, 0.3) is 6.08 Å². The van der Waals surface area contributed by atoms with Gasteiger partial charge < -0.3 is 10.4 Å². The molecule has 1 saturated carbocycles. The second-order valence-electron chi connectivity index (χ2n) is 5.25. The number of nitrogens with one attached hydrogen (secondary N) is 1. The van der Waals surface area contributed by atoms with Crippen molar-refractivity contribution >= 4 is 12.0 Å². The van der Waals surface area contributed by atoms with E-state index in [-0.39, 0.29) is 23.5 Å². The molecule has 1 aromatic rings. The molecule has 0 bridgehead atoms. The van der Waals surface area contributed by atoms with Crippen LogP contribution in [0, 0.1) is 5.41 Å². The summed E-state index contributed by atoms with van der Waals surface area (Å²) in [6.45, 7) is 3.91. The number of hydrogen-bond donors (Lipinski definition) is 2. The summed E-state index contributed by atoms with van der Waals surface area (Å²) in [5, 5.41) is 12.5. The minimum absolute atomic E-state index is 0.0403. The molecule has 0 saturated heterocycles. The second kappa shape index (κ2) is 4.90. The van der Waals surface area contributed by atoms with Crippen LogP contribution in [0.15, 0.2) is 30.6 Å². The molecular weight excluding hydrogens is 228 g/mol. The lowest BCUT2D eigenvalue weighted by molar-refractivity contribution is -0.124. The number of carbonyl (C=O) groups is 1. The molecule has 0 spiro atoms. The van der Waals surface area contributed by atoms with E-state index in [0.717, 1.165) is 5.56 Å². The van der Waals surface area contributed by atoms with Crippen LogP contribution in [0.4, 0.5) is 0 Å². The molecule has 0 radical (unpaired) electrons. The molecule has 2 atom stereocenters. The summed E-state index contributed by atoms with van der Waals surface area (Å²) in [4.78, 5) is 15.7. The van der Waals surface area contributed by atoms with Gasteiger partial charge in [-0.15, -0.1) is 0 Å². The van der Waals surface area contributed by atoms with E-state index in [1.54, 1.807) is 18.5 Å². The molecule has 0 aliphatic heterocycles. The standard InChI is InChI=1S/C14H18N2O2/c1-14(2)11(8-12(14)17)16-13(18)6-5-10-4-3-7-15-9-10/h3-7,9,11-12,17H,8H2,1-2H3,(H,16,18)/b6-5+. The molecule has 1 heterocycles. The lowest BCUT2D eigenvalue weighted by Gasteiger charge is -2.49. The molecule has 1 amide bonds. The summed E-state index contributed by atoms with van der Waals surface area (Å²) in [5.74, 6) is -0.135. The highest BCUT2D eigenvalue weighted by Crippen LogP contribution is 2.40. The van der Waals surface area contributed by atoms with Crippen LogP contribution < -0.4 is 5.32 Å². The van der Waals surface area contributed by atoms with Crippen LogP contribution in [0.1, 0.15) is 25.8 Å². The van der Waals surface area contributed by atoms with E-state index >= 15 is 0 Å². The normalized spacial score (nSPS) is 25.7. The summed E-state index contributed by atoms with van der Waals surface area (Å²) < 4.78 is 0. The minimum Gasteiger partial charge on any atom is -0.392 e. The average molecular weight is 246 g/mol. The third-order valence-corrected chi connectivity index (χ3v) is 3.64. The van der Waals surface area contributed by atoms with E-state index in [4.69, 9.17) is 0 Å². The van der Waals surface area contributed by atoms with E-state index in [1.165, 1.54) is 6.08 Å². The Morgan fingerprint density at radius 3 is 2.94 bits per heavy atom. The number of amides is 1. The SMILES string of the molecule is CC1(C)C(O)CC1NC(=O)/C=C/c1cccnc1. The molecule has 2 rings (SSSR count). The number of carbonyl (C=O) groups excluding carboxylic acids is 1. The van der Waals surface area contributed by atoms with Gasteiger partial charge in [-0.2, -0.15) is 0 Å². The molecule has 1 aromatic heterocycles. The zero-order valence-corrected chi connectivity index (χ0v) is 10.6. The average Bonchev–Trinajstić information content (AvgIpc) is 2.37. The lowest BCUT2D eigenvalue weighted by Crippen LogP contribution is -2.60. The number of hydrogen-bond acceptors (Lipinski definition) is 3. The highest BCUT2D eigenvalue weighted by molar-refractivity contribution is 5.92. The van der Waals surface area contributed by atoms with Gasteiger partial charge in [-0.1, -0.05) is 19.9 Å². The van der Waals surface area contributed by atoms with Gasteiger partial charge in [0.15, 0.2) is 0 Å². The topological polar surface area (TPSA) is 62.2 Å². The Hall–Kier alpha value is -1.68. The Bertz CT molecular complexity index is 454. The number of pyridine rings is 1. The van der Waals surface area contributed by atoms with Crippen LogP contribution in [0.2, 0.25) is 0 Å². The Morgan fingerprint density at radius 1 is 1.61 bits per heavy atom. The summed E-state index contributed by atoms with van der Waals surface area (Å²) in [6, 6.07) is 3.75. The van der Waals surface area contributed by atoms with Crippen LogP contribution in [0.3, 0.4) is 0 Å². The van der Waals surface area contributed by atoms with Crippen LogP contribution in [0.5, 0.6) is 0 Å². The highest BCUT2D eigenvalue weighted by Gasteiger charge is 2.47. The number of aromatic nitrogens is 1. The van der Waals surface area contributed by atoms with E-state index in [0.29, 0.717) is 6.42 Å². The third-order valence-electron chi connectivity index (χ3n) is 3.64. The second-order valence-corrected chi connectivity index (χ2v) is 5.25.